The number of hydrogen-bond acceptors (Lipinski definition) is 2. The summed E-state index contributed by atoms with van der Waals surface area (Å²) in [5.74, 6) is 0. The average molecular weight is 283 g/mol. The van der Waals surface area contributed by atoms with Gasteiger partial charge in [-0.25, -0.2) is 0 Å². The SMILES string of the molecule is CCC(N)c1cnn(Cc2cccc(C(F)(F)F)c2)c1. The van der Waals surface area contributed by atoms with Crippen molar-refractivity contribution in [3.63, 3.8) is 0 Å². The summed E-state index contributed by atoms with van der Waals surface area (Å²) in [6.07, 6.45) is -0.110. The van der Waals surface area contributed by atoms with E-state index in [2.05, 4.69) is 5.10 Å². The number of hydrogen-bond donors (Lipinski definition) is 1. The molecule has 1 unspecified atom stereocenters. The second kappa shape index (κ2) is 5.66. The zero-order chi connectivity index (χ0) is 14.8. The van der Waals surface area contributed by atoms with Gasteiger partial charge >= 0.3 is 6.18 Å². The van der Waals surface area contributed by atoms with Crippen LogP contribution in [0, 0.1) is 0 Å². The lowest BCUT2D eigenvalue weighted by Gasteiger charge is -2.09. The first-order chi connectivity index (χ1) is 9.40. The molecule has 2 aromatic rings. The smallest absolute Gasteiger partial charge is 0.324 e. The highest BCUT2D eigenvalue weighted by Gasteiger charge is 2.30. The molecule has 0 saturated heterocycles. The van der Waals surface area contributed by atoms with Gasteiger partial charge in [0.05, 0.1) is 18.3 Å². The van der Waals surface area contributed by atoms with Crippen molar-refractivity contribution in [3.8, 4) is 0 Å². The van der Waals surface area contributed by atoms with Crippen LogP contribution >= 0.6 is 0 Å². The molecule has 6 heteroatoms. The predicted octanol–water partition coefficient (Wildman–Crippen LogP) is 3.36. The molecule has 0 fully saturated rings. The lowest BCUT2D eigenvalue weighted by Crippen LogP contribution is -2.08. The highest BCUT2D eigenvalue weighted by atomic mass is 19.4. The topological polar surface area (TPSA) is 43.8 Å². The van der Waals surface area contributed by atoms with Crippen LogP contribution in [-0.2, 0) is 12.7 Å². The van der Waals surface area contributed by atoms with Crippen LogP contribution in [0.5, 0.6) is 0 Å². The van der Waals surface area contributed by atoms with E-state index in [4.69, 9.17) is 5.73 Å². The molecule has 1 aromatic carbocycles. The summed E-state index contributed by atoms with van der Waals surface area (Å²) < 4.78 is 39.5. The number of halogens is 3. The molecule has 0 radical (unpaired) electrons. The van der Waals surface area contributed by atoms with Crippen LogP contribution in [0.15, 0.2) is 36.7 Å². The minimum atomic E-state index is -4.32. The Morgan fingerprint density at radius 1 is 1.35 bits per heavy atom. The quantitative estimate of drug-likeness (QED) is 0.935. The van der Waals surface area contributed by atoms with Crippen LogP contribution in [0.2, 0.25) is 0 Å². The summed E-state index contributed by atoms with van der Waals surface area (Å²) in [5.41, 5.74) is 6.68. The summed E-state index contributed by atoms with van der Waals surface area (Å²) in [5, 5.41) is 4.13. The van der Waals surface area contributed by atoms with Gasteiger partial charge in [0, 0.05) is 17.8 Å². The molecule has 0 aliphatic carbocycles. The Kier molecular flexibility index (Phi) is 4.13. The van der Waals surface area contributed by atoms with Crippen molar-refractivity contribution < 1.29 is 13.2 Å². The molecule has 1 atom stereocenters. The van der Waals surface area contributed by atoms with Crippen LogP contribution < -0.4 is 5.73 Å². The van der Waals surface area contributed by atoms with Gasteiger partial charge in [0.2, 0.25) is 0 Å². The van der Waals surface area contributed by atoms with Gasteiger partial charge in [-0.15, -0.1) is 0 Å². The maximum absolute atomic E-state index is 12.6. The lowest BCUT2D eigenvalue weighted by atomic mass is 10.1. The Balaban J connectivity index is 2.16. The number of nitrogens with zero attached hydrogens (tertiary/aromatic N) is 2. The van der Waals surface area contributed by atoms with Crippen LogP contribution in [0.1, 0.15) is 36.1 Å². The molecule has 3 nitrogen and oxygen atoms in total. The van der Waals surface area contributed by atoms with E-state index in [0.29, 0.717) is 12.1 Å². The van der Waals surface area contributed by atoms with E-state index in [1.165, 1.54) is 6.07 Å². The summed E-state index contributed by atoms with van der Waals surface area (Å²) in [7, 11) is 0. The third-order valence-electron chi connectivity index (χ3n) is 3.12. The molecule has 0 bridgehead atoms. The Hall–Kier alpha value is -1.82. The first-order valence-corrected chi connectivity index (χ1v) is 6.34. The molecule has 2 rings (SSSR count). The van der Waals surface area contributed by atoms with Crippen LogP contribution in [0.25, 0.3) is 0 Å². The Morgan fingerprint density at radius 3 is 2.75 bits per heavy atom. The fraction of sp³-hybridized carbons (Fsp3) is 0.357. The lowest BCUT2D eigenvalue weighted by molar-refractivity contribution is -0.137. The van der Waals surface area contributed by atoms with Crippen molar-refractivity contribution >= 4 is 0 Å². The number of nitrogens with two attached hydrogens (primary N) is 1. The predicted molar refractivity (Wildman–Crippen MR) is 70.0 cm³/mol. The van der Waals surface area contributed by atoms with Gasteiger partial charge in [-0.05, 0) is 24.1 Å². The number of rotatable bonds is 4. The van der Waals surface area contributed by atoms with E-state index in [1.807, 2.05) is 6.92 Å². The van der Waals surface area contributed by atoms with Gasteiger partial charge in [0.15, 0.2) is 0 Å². The maximum atomic E-state index is 12.6. The summed E-state index contributed by atoms with van der Waals surface area (Å²) in [4.78, 5) is 0. The molecule has 0 spiro atoms. The van der Waals surface area contributed by atoms with E-state index in [1.54, 1.807) is 23.1 Å². The molecule has 0 aliphatic heterocycles. The van der Waals surface area contributed by atoms with E-state index in [0.717, 1.165) is 24.1 Å². The molecule has 0 aliphatic rings. The summed E-state index contributed by atoms with van der Waals surface area (Å²) >= 11 is 0. The second-order valence-electron chi connectivity index (χ2n) is 4.68. The largest absolute Gasteiger partial charge is 0.416 e. The first-order valence-electron chi connectivity index (χ1n) is 6.34. The molecule has 20 heavy (non-hydrogen) atoms. The van der Waals surface area contributed by atoms with Crippen LogP contribution in [0.4, 0.5) is 13.2 Å². The molecule has 2 N–H and O–H groups in total. The van der Waals surface area contributed by atoms with Gasteiger partial charge in [-0.3, -0.25) is 4.68 Å². The van der Waals surface area contributed by atoms with Crippen molar-refractivity contribution in [2.45, 2.75) is 32.1 Å². The zero-order valence-corrected chi connectivity index (χ0v) is 11.1. The number of benzene rings is 1. The van der Waals surface area contributed by atoms with Crippen LogP contribution in [-0.4, -0.2) is 9.78 Å². The Labute approximate surface area is 115 Å². The van der Waals surface area contributed by atoms with E-state index < -0.39 is 11.7 Å². The zero-order valence-electron chi connectivity index (χ0n) is 11.1. The van der Waals surface area contributed by atoms with E-state index in [9.17, 15) is 13.2 Å². The Bertz CT molecular complexity index is 575. The van der Waals surface area contributed by atoms with Gasteiger partial charge in [0.25, 0.3) is 0 Å². The highest BCUT2D eigenvalue weighted by molar-refractivity contribution is 5.26. The molecule has 0 amide bonds. The molecular weight excluding hydrogens is 267 g/mol. The van der Waals surface area contributed by atoms with E-state index in [-0.39, 0.29) is 6.04 Å². The number of alkyl halides is 3. The van der Waals surface area contributed by atoms with Gasteiger partial charge < -0.3 is 5.73 Å². The van der Waals surface area contributed by atoms with Gasteiger partial charge in [-0.2, -0.15) is 18.3 Å². The van der Waals surface area contributed by atoms with Crippen molar-refractivity contribution in [2.24, 2.45) is 5.73 Å². The van der Waals surface area contributed by atoms with Crippen molar-refractivity contribution in [1.82, 2.24) is 9.78 Å². The van der Waals surface area contributed by atoms with Crippen molar-refractivity contribution in [2.75, 3.05) is 0 Å². The van der Waals surface area contributed by atoms with E-state index >= 15 is 0 Å². The summed E-state index contributed by atoms with van der Waals surface area (Å²) in [6, 6.07) is 5.16. The third-order valence-corrected chi connectivity index (χ3v) is 3.12. The second-order valence-corrected chi connectivity index (χ2v) is 4.68. The third kappa shape index (κ3) is 3.39. The molecule has 108 valence electrons. The highest BCUT2D eigenvalue weighted by Crippen LogP contribution is 2.29. The number of aromatic nitrogens is 2. The fourth-order valence-electron chi connectivity index (χ4n) is 1.93. The van der Waals surface area contributed by atoms with Gasteiger partial charge in [-0.1, -0.05) is 19.1 Å². The molecule has 1 heterocycles. The van der Waals surface area contributed by atoms with Gasteiger partial charge in [0.1, 0.15) is 0 Å². The monoisotopic (exact) mass is 283 g/mol. The summed E-state index contributed by atoms with van der Waals surface area (Å²) in [6.45, 7) is 2.26. The molecular formula is C14H16F3N3. The minimum absolute atomic E-state index is 0.0924. The fourth-order valence-corrected chi connectivity index (χ4v) is 1.93. The minimum Gasteiger partial charge on any atom is -0.324 e. The molecule has 0 saturated carbocycles. The molecule has 1 aromatic heterocycles. The normalized spacial score (nSPS) is 13.4. The standard InChI is InChI=1S/C14H16F3N3/c1-2-13(18)11-7-19-20(9-11)8-10-4-3-5-12(6-10)14(15,16)17/h3-7,9,13H,2,8,18H2,1H3. The first kappa shape index (κ1) is 14.6. The average Bonchev–Trinajstić information content (AvgIpc) is 2.85. The van der Waals surface area contributed by atoms with Crippen LogP contribution in [0.3, 0.4) is 0 Å². The van der Waals surface area contributed by atoms with Crippen molar-refractivity contribution in [3.05, 3.63) is 53.3 Å². The van der Waals surface area contributed by atoms with Crippen molar-refractivity contribution in [1.29, 1.82) is 0 Å². The maximum Gasteiger partial charge on any atom is 0.416 e. The Morgan fingerprint density at radius 2 is 2.10 bits per heavy atom.